The van der Waals surface area contributed by atoms with Gasteiger partial charge in [0.2, 0.25) is 5.91 Å². The maximum absolute atomic E-state index is 12.1. The number of piperidine rings is 2. The van der Waals surface area contributed by atoms with Crippen LogP contribution < -0.4 is 10.6 Å². The normalized spacial score (nSPS) is 19.4. The Hall–Kier alpha value is -1.10. The highest BCUT2D eigenvalue weighted by molar-refractivity contribution is 5.85. The summed E-state index contributed by atoms with van der Waals surface area (Å²) in [7, 11) is 0. The number of carbonyl (C=O) groups is 1. The van der Waals surface area contributed by atoms with Crippen LogP contribution in [0.4, 0.5) is 0 Å². The van der Waals surface area contributed by atoms with Gasteiger partial charge in [-0.3, -0.25) is 4.79 Å². The number of likely N-dealkylation sites (tertiary alicyclic amines) is 1. The predicted octanol–water partition coefficient (Wildman–Crippen LogP) is 3.26. The number of hydrogen-bond acceptors (Lipinski definition) is 3. The van der Waals surface area contributed by atoms with Crippen molar-refractivity contribution in [3.8, 4) is 0 Å². The van der Waals surface area contributed by atoms with Crippen LogP contribution in [-0.4, -0.2) is 50.1 Å². The van der Waals surface area contributed by atoms with E-state index in [9.17, 15) is 4.79 Å². The van der Waals surface area contributed by atoms with Gasteiger partial charge in [-0.25, -0.2) is 0 Å². The second-order valence-electron chi connectivity index (χ2n) is 8.00. The molecule has 2 heterocycles. The molecule has 2 N–H and O–H groups in total. The summed E-state index contributed by atoms with van der Waals surface area (Å²) in [5.41, 5.74) is 1.48. The van der Waals surface area contributed by atoms with Crippen molar-refractivity contribution in [3.05, 3.63) is 35.9 Å². The number of rotatable bonds is 8. The van der Waals surface area contributed by atoms with Crippen molar-refractivity contribution in [1.29, 1.82) is 0 Å². The Morgan fingerprint density at radius 2 is 1.74 bits per heavy atom. The molecule has 1 aromatic rings. The summed E-state index contributed by atoms with van der Waals surface area (Å²) < 4.78 is 0. The number of carbonyl (C=O) groups excluding carboxylic acids is 1. The van der Waals surface area contributed by atoms with Crippen LogP contribution in [-0.2, 0) is 11.2 Å². The third-order valence-corrected chi connectivity index (χ3v) is 5.98. The molecule has 4 nitrogen and oxygen atoms in total. The first-order chi connectivity index (χ1) is 12.8. The van der Waals surface area contributed by atoms with Gasteiger partial charge < -0.3 is 15.5 Å². The molecule has 2 saturated heterocycles. The average molecular weight is 394 g/mol. The van der Waals surface area contributed by atoms with Gasteiger partial charge in [0.25, 0.3) is 0 Å². The Labute approximate surface area is 170 Å². The van der Waals surface area contributed by atoms with E-state index in [-0.39, 0.29) is 24.2 Å². The zero-order valence-electron chi connectivity index (χ0n) is 16.5. The van der Waals surface area contributed by atoms with E-state index < -0.39 is 0 Å². The first-order valence-electron chi connectivity index (χ1n) is 10.6. The van der Waals surface area contributed by atoms with Gasteiger partial charge in [-0.05, 0) is 89.2 Å². The summed E-state index contributed by atoms with van der Waals surface area (Å²) in [6.07, 6.45) is 8.14. The summed E-state index contributed by atoms with van der Waals surface area (Å²) in [5.74, 6) is 1.35. The van der Waals surface area contributed by atoms with Gasteiger partial charge in [-0.15, -0.1) is 12.4 Å². The Kier molecular flexibility index (Phi) is 10.2. The van der Waals surface area contributed by atoms with Crippen LogP contribution in [0.1, 0.15) is 44.1 Å². The summed E-state index contributed by atoms with van der Waals surface area (Å²) >= 11 is 0. The Balaban J connectivity index is 0.00000261. The van der Waals surface area contributed by atoms with Crippen LogP contribution in [0.25, 0.3) is 0 Å². The summed E-state index contributed by atoms with van der Waals surface area (Å²) in [6.45, 7) is 6.46. The molecule has 0 aromatic heterocycles. The van der Waals surface area contributed by atoms with Gasteiger partial charge >= 0.3 is 0 Å². The van der Waals surface area contributed by atoms with Crippen LogP contribution >= 0.6 is 12.4 Å². The van der Waals surface area contributed by atoms with Crippen molar-refractivity contribution < 1.29 is 4.79 Å². The number of nitrogens with zero attached hydrogens (tertiary/aromatic N) is 1. The lowest BCUT2D eigenvalue weighted by molar-refractivity contribution is -0.125. The first kappa shape index (κ1) is 22.2. The molecule has 2 aliphatic rings. The summed E-state index contributed by atoms with van der Waals surface area (Å²) in [6, 6.07) is 10.9. The highest BCUT2D eigenvalue weighted by atomic mass is 35.5. The fourth-order valence-corrected chi connectivity index (χ4v) is 4.26. The smallest absolute Gasteiger partial charge is 0.223 e. The van der Waals surface area contributed by atoms with Crippen LogP contribution in [0.5, 0.6) is 0 Å². The molecule has 0 radical (unpaired) electrons. The molecule has 1 aromatic carbocycles. The first-order valence-corrected chi connectivity index (χ1v) is 10.6. The van der Waals surface area contributed by atoms with E-state index in [2.05, 4.69) is 45.9 Å². The molecule has 0 aliphatic carbocycles. The lowest BCUT2D eigenvalue weighted by Gasteiger charge is -2.32. The van der Waals surface area contributed by atoms with Crippen molar-refractivity contribution in [2.75, 3.05) is 39.3 Å². The van der Waals surface area contributed by atoms with E-state index in [0.717, 1.165) is 44.8 Å². The lowest BCUT2D eigenvalue weighted by Crippen LogP contribution is -2.38. The molecule has 2 aliphatic heterocycles. The molecule has 2 fully saturated rings. The van der Waals surface area contributed by atoms with Crippen molar-refractivity contribution in [3.63, 3.8) is 0 Å². The molecule has 5 heteroatoms. The minimum Gasteiger partial charge on any atom is -0.356 e. The fourth-order valence-electron chi connectivity index (χ4n) is 4.26. The monoisotopic (exact) mass is 393 g/mol. The van der Waals surface area contributed by atoms with Crippen LogP contribution in [0.2, 0.25) is 0 Å². The van der Waals surface area contributed by atoms with Crippen molar-refractivity contribution >= 4 is 18.3 Å². The number of nitrogens with one attached hydrogen (secondary N) is 2. The highest BCUT2D eigenvalue weighted by Gasteiger charge is 2.21. The quantitative estimate of drug-likeness (QED) is 0.666. The summed E-state index contributed by atoms with van der Waals surface area (Å²) in [4.78, 5) is 14.7. The number of halogens is 1. The average Bonchev–Trinajstić information content (AvgIpc) is 2.70. The van der Waals surface area contributed by atoms with Crippen LogP contribution in [0, 0.1) is 11.8 Å². The maximum atomic E-state index is 12.1. The Morgan fingerprint density at radius 1 is 1.04 bits per heavy atom. The van der Waals surface area contributed by atoms with E-state index in [4.69, 9.17) is 0 Å². The van der Waals surface area contributed by atoms with Crippen molar-refractivity contribution in [1.82, 2.24) is 15.5 Å². The van der Waals surface area contributed by atoms with Crippen molar-refractivity contribution in [2.24, 2.45) is 11.8 Å². The molecule has 152 valence electrons. The lowest BCUT2D eigenvalue weighted by atomic mass is 9.90. The SMILES string of the molecule is Cl.O=C(NCCCCN1CCC(Cc2ccccc2)CC1)C1CCNCC1. The molecule has 0 bridgehead atoms. The van der Waals surface area contributed by atoms with Crippen LogP contribution in [0.3, 0.4) is 0 Å². The van der Waals surface area contributed by atoms with E-state index in [1.54, 1.807) is 0 Å². The summed E-state index contributed by atoms with van der Waals surface area (Å²) in [5, 5.41) is 6.45. The molecular weight excluding hydrogens is 358 g/mol. The van der Waals surface area contributed by atoms with Gasteiger partial charge in [0.15, 0.2) is 0 Å². The van der Waals surface area contributed by atoms with Gasteiger partial charge in [0, 0.05) is 12.5 Å². The van der Waals surface area contributed by atoms with Gasteiger partial charge in [-0.2, -0.15) is 0 Å². The zero-order valence-corrected chi connectivity index (χ0v) is 17.3. The third kappa shape index (κ3) is 7.81. The second-order valence-corrected chi connectivity index (χ2v) is 8.00. The number of hydrogen-bond donors (Lipinski definition) is 2. The topological polar surface area (TPSA) is 44.4 Å². The van der Waals surface area contributed by atoms with Crippen LogP contribution in [0.15, 0.2) is 30.3 Å². The Bertz CT molecular complexity index is 526. The fraction of sp³-hybridized carbons (Fsp3) is 0.682. The predicted molar refractivity (Wildman–Crippen MR) is 114 cm³/mol. The zero-order chi connectivity index (χ0) is 18.0. The van der Waals surface area contributed by atoms with Crippen molar-refractivity contribution in [2.45, 2.75) is 44.9 Å². The molecule has 3 rings (SSSR count). The van der Waals surface area contributed by atoms with E-state index in [1.807, 2.05) is 0 Å². The van der Waals surface area contributed by atoms with E-state index >= 15 is 0 Å². The molecule has 0 atom stereocenters. The minimum absolute atomic E-state index is 0. The maximum Gasteiger partial charge on any atom is 0.223 e. The standard InChI is InChI=1S/C22H35N3O.ClH/c26-22(21-8-13-23-14-9-21)24-12-4-5-15-25-16-10-20(11-17-25)18-19-6-2-1-3-7-19;/h1-3,6-7,20-21,23H,4-5,8-18H2,(H,24,26);1H. The molecule has 0 spiro atoms. The number of amides is 1. The Morgan fingerprint density at radius 3 is 2.44 bits per heavy atom. The highest BCUT2D eigenvalue weighted by Crippen LogP contribution is 2.21. The number of benzene rings is 1. The van der Waals surface area contributed by atoms with E-state index in [1.165, 1.54) is 50.9 Å². The van der Waals surface area contributed by atoms with Gasteiger partial charge in [0.1, 0.15) is 0 Å². The molecule has 1 amide bonds. The number of unbranched alkanes of at least 4 members (excludes halogenated alkanes) is 1. The molecule has 27 heavy (non-hydrogen) atoms. The molecular formula is C22H36ClN3O. The van der Waals surface area contributed by atoms with Gasteiger partial charge in [-0.1, -0.05) is 30.3 Å². The third-order valence-electron chi connectivity index (χ3n) is 5.98. The second kappa shape index (κ2) is 12.4. The van der Waals surface area contributed by atoms with E-state index in [0.29, 0.717) is 0 Å². The molecule has 0 saturated carbocycles. The van der Waals surface area contributed by atoms with Gasteiger partial charge in [0.05, 0.1) is 0 Å². The minimum atomic E-state index is 0. The largest absolute Gasteiger partial charge is 0.356 e. The molecule has 0 unspecified atom stereocenters.